The number of carbonyl (C=O) groups is 2. The Labute approximate surface area is 140 Å². The Bertz CT molecular complexity index is 971. The molecule has 0 fully saturated rings. The Hall–Kier alpha value is -2.88. The lowest BCUT2D eigenvalue weighted by Crippen LogP contribution is -2.24. The first-order valence-corrected chi connectivity index (χ1v) is 8.02. The van der Waals surface area contributed by atoms with E-state index in [1.165, 1.54) is 0 Å². The normalized spacial score (nSPS) is 17.6. The number of para-hydroxylation sites is 2. The maximum atomic E-state index is 12.6. The van der Waals surface area contributed by atoms with Crippen LogP contribution in [-0.4, -0.2) is 16.3 Å². The van der Waals surface area contributed by atoms with Crippen LogP contribution in [0, 0.1) is 0 Å². The number of carbonyl (C=O) groups excluding carboxylic acids is 2. The van der Waals surface area contributed by atoms with Gasteiger partial charge in [-0.25, -0.2) is 0 Å². The number of aryl methyl sites for hydroxylation is 1. The van der Waals surface area contributed by atoms with Crippen molar-refractivity contribution in [2.24, 2.45) is 7.05 Å². The van der Waals surface area contributed by atoms with Crippen molar-refractivity contribution < 1.29 is 9.59 Å². The van der Waals surface area contributed by atoms with Gasteiger partial charge in [0.1, 0.15) is 5.78 Å². The van der Waals surface area contributed by atoms with Gasteiger partial charge in [-0.3, -0.25) is 9.59 Å². The van der Waals surface area contributed by atoms with E-state index in [0.717, 1.165) is 27.7 Å². The molecule has 1 aliphatic rings. The summed E-state index contributed by atoms with van der Waals surface area (Å²) in [5.74, 6) is -1.07. The van der Waals surface area contributed by atoms with Crippen LogP contribution in [0.15, 0.2) is 54.7 Å². The highest BCUT2D eigenvalue weighted by atomic mass is 16.2. The SMILES string of the molecule is CC(=O)C(c1cn(C)c2ccccc12)C1C(=O)Nc2ccccc21. The van der Waals surface area contributed by atoms with E-state index in [4.69, 9.17) is 0 Å². The van der Waals surface area contributed by atoms with Crippen molar-refractivity contribution in [1.29, 1.82) is 0 Å². The fraction of sp³-hybridized carbons (Fsp3) is 0.200. The van der Waals surface area contributed by atoms with Gasteiger partial charge in [0.15, 0.2) is 0 Å². The highest BCUT2D eigenvalue weighted by Crippen LogP contribution is 2.44. The molecule has 1 aliphatic heterocycles. The number of nitrogens with one attached hydrogen (secondary N) is 1. The Morgan fingerprint density at radius 1 is 1.12 bits per heavy atom. The number of rotatable bonds is 3. The maximum absolute atomic E-state index is 12.6. The van der Waals surface area contributed by atoms with Gasteiger partial charge in [-0.15, -0.1) is 0 Å². The number of ketones is 1. The van der Waals surface area contributed by atoms with E-state index < -0.39 is 11.8 Å². The van der Waals surface area contributed by atoms with E-state index in [1.807, 2.05) is 66.3 Å². The van der Waals surface area contributed by atoms with Crippen molar-refractivity contribution in [3.8, 4) is 0 Å². The highest BCUT2D eigenvalue weighted by Gasteiger charge is 2.40. The van der Waals surface area contributed by atoms with E-state index in [9.17, 15) is 9.59 Å². The molecule has 2 atom stereocenters. The fourth-order valence-corrected chi connectivity index (χ4v) is 3.82. The molecule has 4 heteroatoms. The largest absolute Gasteiger partial charge is 0.350 e. The number of fused-ring (bicyclic) bond motifs is 2. The monoisotopic (exact) mass is 318 g/mol. The zero-order chi connectivity index (χ0) is 16.8. The van der Waals surface area contributed by atoms with Crippen LogP contribution in [0.4, 0.5) is 5.69 Å². The number of Topliss-reactive ketones (excluding diaryl/α,β-unsaturated/α-hetero) is 1. The minimum Gasteiger partial charge on any atom is -0.350 e. The zero-order valence-corrected chi connectivity index (χ0v) is 13.6. The van der Waals surface area contributed by atoms with Crippen LogP contribution in [0.3, 0.4) is 0 Å². The number of hydrogen-bond donors (Lipinski definition) is 1. The third-order valence-corrected chi connectivity index (χ3v) is 4.87. The second-order valence-electron chi connectivity index (χ2n) is 6.35. The molecule has 0 radical (unpaired) electrons. The number of anilines is 1. The number of aromatic nitrogens is 1. The summed E-state index contributed by atoms with van der Waals surface area (Å²) in [7, 11) is 1.96. The first kappa shape index (κ1) is 14.7. The Kier molecular flexibility index (Phi) is 3.27. The summed E-state index contributed by atoms with van der Waals surface area (Å²) in [6, 6.07) is 15.6. The highest BCUT2D eigenvalue weighted by molar-refractivity contribution is 6.08. The van der Waals surface area contributed by atoms with E-state index in [-0.39, 0.29) is 11.7 Å². The third kappa shape index (κ3) is 2.07. The standard InChI is InChI=1S/C20H18N2O2/c1-12(23)18(15-11-22(2)17-10-6-4-7-13(15)17)19-14-8-3-5-9-16(14)21-20(19)24/h3-11,18-19H,1-2H3,(H,21,24). The zero-order valence-electron chi connectivity index (χ0n) is 13.6. The van der Waals surface area contributed by atoms with Gasteiger partial charge in [0, 0.05) is 29.8 Å². The maximum Gasteiger partial charge on any atom is 0.233 e. The molecule has 2 aromatic carbocycles. The van der Waals surface area contributed by atoms with Gasteiger partial charge in [-0.05, 0) is 30.2 Å². The molecule has 0 bridgehead atoms. The smallest absolute Gasteiger partial charge is 0.233 e. The van der Waals surface area contributed by atoms with Crippen LogP contribution < -0.4 is 5.32 Å². The molecule has 120 valence electrons. The molecule has 1 N–H and O–H groups in total. The topological polar surface area (TPSA) is 51.1 Å². The first-order chi connectivity index (χ1) is 11.6. The van der Waals surface area contributed by atoms with Gasteiger partial charge < -0.3 is 9.88 Å². The number of hydrogen-bond acceptors (Lipinski definition) is 2. The minimum absolute atomic E-state index is 0.00297. The van der Waals surface area contributed by atoms with Crippen molar-refractivity contribution in [3.63, 3.8) is 0 Å². The van der Waals surface area contributed by atoms with Crippen LogP contribution in [0.2, 0.25) is 0 Å². The van der Waals surface area contributed by atoms with Gasteiger partial charge in [-0.2, -0.15) is 0 Å². The van der Waals surface area contributed by atoms with Crippen LogP contribution in [-0.2, 0) is 16.6 Å². The quantitative estimate of drug-likeness (QED) is 0.802. The molecule has 0 saturated heterocycles. The van der Waals surface area contributed by atoms with E-state index in [2.05, 4.69) is 5.32 Å². The lowest BCUT2D eigenvalue weighted by Gasteiger charge is -2.19. The van der Waals surface area contributed by atoms with Crippen LogP contribution in [0.1, 0.15) is 29.9 Å². The van der Waals surface area contributed by atoms with E-state index in [1.54, 1.807) is 6.92 Å². The molecular weight excluding hydrogens is 300 g/mol. The molecule has 24 heavy (non-hydrogen) atoms. The predicted molar refractivity (Wildman–Crippen MR) is 94.2 cm³/mol. The summed E-state index contributed by atoms with van der Waals surface area (Å²) < 4.78 is 2.01. The molecule has 0 aliphatic carbocycles. The van der Waals surface area contributed by atoms with Gasteiger partial charge in [0.05, 0.1) is 11.8 Å². The molecule has 4 nitrogen and oxygen atoms in total. The lowest BCUT2D eigenvalue weighted by molar-refractivity contribution is -0.124. The lowest BCUT2D eigenvalue weighted by atomic mass is 9.80. The predicted octanol–water partition coefficient (Wildman–Crippen LogP) is 3.59. The van der Waals surface area contributed by atoms with Gasteiger partial charge in [0.25, 0.3) is 0 Å². The Balaban J connectivity index is 1.93. The first-order valence-electron chi connectivity index (χ1n) is 8.02. The van der Waals surface area contributed by atoms with Crippen molar-refractivity contribution in [1.82, 2.24) is 4.57 Å². The third-order valence-electron chi connectivity index (χ3n) is 4.87. The van der Waals surface area contributed by atoms with Crippen LogP contribution in [0.5, 0.6) is 0 Å². The Morgan fingerprint density at radius 2 is 1.83 bits per heavy atom. The number of benzene rings is 2. The van der Waals surface area contributed by atoms with Crippen molar-refractivity contribution in [2.45, 2.75) is 18.8 Å². The summed E-state index contributed by atoms with van der Waals surface area (Å²) in [5.41, 5.74) is 3.68. The molecule has 2 unspecified atom stereocenters. The molecule has 0 saturated carbocycles. The van der Waals surface area contributed by atoms with Crippen molar-refractivity contribution in [3.05, 3.63) is 65.9 Å². The van der Waals surface area contributed by atoms with Gasteiger partial charge >= 0.3 is 0 Å². The summed E-state index contributed by atoms with van der Waals surface area (Å²) in [4.78, 5) is 25.2. The average Bonchev–Trinajstić information content (AvgIpc) is 3.07. The van der Waals surface area contributed by atoms with Crippen LogP contribution in [0.25, 0.3) is 10.9 Å². The van der Waals surface area contributed by atoms with E-state index in [0.29, 0.717) is 0 Å². The summed E-state index contributed by atoms with van der Waals surface area (Å²) >= 11 is 0. The molecule has 1 amide bonds. The molecule has 2 heterocycles. The van der Waals surface area contributed by atoms with Gasteiger partial charge in [0.2, 0.25) is 5.91 Å². The summed E-state index contributed by atoms with van der Waals surface area (Å²) in [6.45, 7) is 1.57. The molecule has 1 aromatic heterocycles. The van der Waals surface area contributed by atoms with Crippen molar-refractivity contribution in [2.75, 3.05) is 5.32 Å². The molecule has 4 rings (SSSR count). The molecular formula is C20H18N2O2. The number of amides is 1. The van der Waals surface area contributed by atoms with Crippen LogP contribution >= 0.6 is 0 Å². The minimum atomic E-state index is -0.486. The number of nitrogens with zero attached hydrogens (tertiary/aromatic N) is 1. The van der Waals surface area contributed by atoms with E-state index >= 15 is 0 Å². The summed E-state index contributed by atoms with van der Waals surface area (Å²) in [6.07, 6.45) is 1.98. The second-order valence-corrected chi connectivity index (χ2v) is 6.35. The molecule has 0 spiro atoms. The van der Waals surface area contributed by atoms with Gasteiger partial charge in [-0.1, -0.05) is 36.4 Å². The van der Waals surface area contributed by atoms with Crippen molar-refractivity contribution >= 4 is 28.3 Å². The second kappa shape index (κ2) is 5.34. The fourth-order valence-electron chi connectivity index (χ4n) is 3.82. The Morgan fingerprint density at radius 3 is 2.62 bits per heavy atom. The average molecular weight is 318 g/mol. The summed E-state index contributed by atoms with van der Waals surface area (Å²) in [5, 5.41) is 3.93. The molecule has 3 aromatic rings.